The van der Waals surface area contributed by atoms with Gasteiger partial charge in [-0.2, -0.15) is 0 Å². The van der Waals surface area contributed by atoms with E-state index < -0.39 is 0 Å². The van der Waals surface area contributed by atoms with Crippen molar-refractivity contribution >= 4 is 17.3 Å². The Labute approximate surface area is 55.1 Å². The minimum Gasteiger partial charge on any atom is -0.246 e. The van der Waals surface area contributed by atoms with E-state index in [1.165, 1.54) is 0 Å². The molecular weight excluding hydrogens is 122 g/mol. The number of hydrogen-bond donors (Lipinski definition) is 0. The molecule has 0 amide bonds. The molecule has 0 N–H and O–H groups in total. The lowest BCUT2D eigenvalue weighted by molar-refractivity contribution is 1.25. The van der Waals surface area contributed by atoms with Crippen LogP contribution in [0.4, 0.5) is 0 Å². The molecule has 2 heteroatoms. The number of nitrogens with zero attached hydrogens (tertiary/aromatic N) is 1. The summed E-state index contributed by atoms with van der Waals surface area (Å²) in [7, 11) is 0. The van der Waals surface area contributed by atoms with Gasteiger partial charge in [0.2, 0.25) is 0 Å². The van der Waals surface area contributed by atoms with Gasteiger partial charge in [-0.05, 0) is 13.3 Å². The first-order valence-electron chi connectivity index (χ1n) is 2.55. The van der Waals surface area contributed by atoms with Gasteiger partial charge in [-0.1, -0.05) is 25.1 Å². The van der Waals surface area contributed by atoms with Gasteiger partial charge in [0.05, 0.1) is 0 Å². The highest BCUT2D eigenvalue weighted by molar-refractivity contribution is 6.29. The normalized spacial score (nSPS) is 11.6. The van der Waals surface area contributed by atoms with Crippen molar-refractivity contribution in [3.63, 3.8) is 0 Å². The maximum Gasteiger partial charge on any atom is 0.121 e. The van der Waals surface area contributed by atoms with E-state index in [4.69, 9.17) is 11.6 Å². The van der Waals surface area contributed by atoms with Crippen LogP contribution in [0.1, 0.15) is 20.3 Å². The van der Waals surface area contributed by atoms with Gasteiger partial charge < -0.3 is 0 Å². The maximum absolute atomic E-state index is 5.37. The second kappa shape index (κ2) is 3.67. The summed E-state index contributed by atoms with van der Waals surface area (Å²) in [6.07, 6.45) is 0.936. The number of rotatable bonds is 2. The summed E-state index contributed by atoms with van der Waals surface area (Å²) < 4.78 is 0. The maximum atomic E-state index is 5.37. The quantitative estimate of drug-likeness (QED) is 0.404. The molecule has 0 aliphatic heterocycles. The second-order valence-corrected chi connectivity index (χ2v) is 2.01. The molecule has 1 nitrogen and oxygen atoms in total. The van der Waals surface area contributed by atoms with Crippen molar-refractivity contribution in [2.75, 3.05) is 0 Å². The van der Waals surface area contributed by atoms with Gasteiger partial charge in [-0.25, -0.2) is 4.99 Å². The van der Waals surface area contributed by atoms with Gasteiger partial charge in [0.1, 0.15) is 5.16 Å². The van der Waals surface area contributed by atoms with E-state index in [1.807, 2.05) is 13.8 Å². The highest BCUT2D eigenvalue weighted by Gasteiger charge is 1.83. The van der Waals surface area contributed by atoms with Gasteiger partial charge in [0.25, 0.3) is 0 Å². The Morgan fingerprint density at radius 3 is 2.38 bits per heavy atom. The first-order valence-corrected chi connectivity index (χ1v) is 2.93. The fourth-order valence-electron chi connectivity index (χ4n) is 0.286. The topological polar surface area (TPSA) is 12.4 Å². The summed E-state index contributed by atoms with van der Waals surface area (Å²) in [5.74, 6) is 0. The average molecular weight is 132 g/mol. The van der Waals surface area contributed by atoms with E-state index in [1.54, 1.807) is 0 Å². The molecule has 8 heavy (non-hydrogen) atoms. The minimum absolute atomic E-state index is 0.365. The van der Waals surface area contributed by atoms with Crippen molar-refractivity contribution in [3.05, 3.63) is 11.7 Å². The molecule has 0 aromatic rings. The van der Waals surface area contributed by atoms with Crippen LogP contribution in [0.2, 0.25) is 0 Å². The highest BCUT2D eigenvalue weighted by atomic mass is 35.5. The SMILES string of the molecule is C=C(Cl)N=C(C)CC. The first kappa shape index (κ1) is 7.70. The molecule has 0 aliphatic rings. The van der Waals surface area contributed by atoms with Crippen LogP contribution in [0, 0.1) is 0 Å². The van der Waals surface area contributed by atoms with Crippen LogP contribution in [0.15, 0.2) is 16.7 Å². The van der Waals surface area contributed by atoms with Crippen LogP contribution in [0.3, 0.4) is 0 Å². The fourth-order valence-corrected chi connectivity index (χ4v) is 0.430. The van der Waals surface area contributed by atoms with Gasteiger partial charge in [-0.15, -0.1) is 0 Å². The van der Waals surface area contributed by atoms with E-state index >= 15 is 0 Å². The van der Waals surface area contributed by atoms with E-state index in [0.29, 0.717) is 5.16 Å². The third-order valence-corrected chi connectivity index (χ3v) is 0.908. The number of aliphatic imine (C=N–C) groups is 1. The Hall–Kier alpha value is -0.300. The molecule has 0 heterocycles. The van der Waals surface area contributed by atoms with Crippen molar-refractivity contribution in [2.45, 2.75) is 20.3 Å². The van der Waals surface area contributed by atoms with E-state index in [9.17, 15) is 0 Å². The molecular formula is C6H10ClN. The lowest BCUT2D eigenvalue weighted by atomic mass is 10.3. The monoisotopic (exact) mass is 131 g/mol. The zero-order valence-corrected chi connectivity index (χ0v) is 6.00. The van der Waals surface area contributed by atoms with Gasteiger partial charge in [-0.3, -0.25) is 0 Å². The van der Waals surface area contributed by atoms with Crippen LogP contribution in [0.25, 0.3) is 0 Å². The Bertz CT molecular complexity index is 116. The Morgan fingerprint density at radius 1 is 1.75 bits per heavy atom. The van der Waals surface area contributed by atoms with Crippen molar-refractivity contribution in [3.8, 4) is 0 Å². The van der Waals surface area contributed by atoms with E-state index in [-0.39, 0.29) is 0 Å². The van der Waals surface area contributed by atoms with Crippen molar-refractivity contribution in [1.82, 2.24) is 0 Å². The lowest BCUT2D eigenvalue weighted by Gasteiger charge is -1.89. The van der Waals surface area contributed by atoms with Gasteiger partial charge >= 0.3 is 0 Å². The molecule has 46 valence electrons. The number of halogens is 1. The molecule has 0 rings (SSSR count). The van der Waals surface area contributed by atoms with Gasteiger partial charge in [0, 0.05) is 5.71 Å². The average Bonchev–Trinajstić information content (AvgIpc) is 1.65. The Balaban J connectivity index is 3.75. The van der Waals surface area contributed by atoms with Crippen LogP contribution in [-0.2, 0) is 0 Å². The Kier molecular flexibility index (Phi) is 3.53. The first-order chi connectivity index (χ1) is 3.66. The third kappa shape index (κ3) is 3.88. The smallest absolute Gasteiger partial charge is 0.121 e. The Morgan fingerprint density at radius 2 is 2.25 bits per heavy atom. The third-order valence-electron chi connectivity index (χ3n) is 0.824. The number of hydrogen-bond acceptors (Lipinski definition) is 1. The standard InChI is InChI=1S/C6H10ClN/c1-4-5(2)8-6(3)7/h3-4H2,1-2H3. The fraction of sp³-hybridized carbons (Fsp3) is 0.500. The van der Waals surface area contributed by atoms with E-state index in [0.717, 1.165) is 12.1 Å². The highest BCUT2D eigenvalue weighted by Crippen LogP contribution is 1.99. The van der Waals surface area contributed by atoms with Crippen LogP contribution < -0.4 is 0 Å². The zero-order chi connectivity index (χ0) is 6.57. The van der Waals surface area contributed by atoms with Crippen molar-refractivity contribution in [2.24, 2.45) is 4.99 Å². The van der Waals surface area contributed by atoms with E-state index in [2.05, 4.69) is 11.6 Å². The summed E-state index contributed by atoms with van der Waals surface area (Å²) in [5.41, 5.74) is 1.02. The zero-order valence-electron chi connectivity index (χ0n) is 5.24. The predicted molar refractivity (Wildman–Crippen MR) is 38.4 cm³/mol. The largest absolute Gasteiger partial charge is 0.246 e. The molecule has 0 radical (unpaired) electrons. The summed E-state index contributed by atoms with van der Waals surface area (Å²) in [6, 6.07) is 0. The molecule has 0 atom stereocenters. The minimum atomic E-state index is 0.365. The molecule has 0 saturated carbocycles. The lowest BCUT2D eigenvalue weighted by Crippen LogP contribution is -1.84. The second-order valence-electron chi connectivity index (χ2n) is 1.58. The summed E-state index contributed by atoms with van der Waals surface area (Å²) >= 11 is 5.37. The summed E-state index contributed by atoms with van der Waals surface area (Å²) in [6.45, 7) is 7.37. The molecule has 0 bridgehead atoms. The molecule has 0 aliphatic carbocycles. The molecule has 0 aromatic heterocycles. The summed E-state index contributed by atoms with van der Waals surface area (Å²) in [5, 5.41) is 0.365. The molecule has 0 spiro atoms. The summed E-state index contributed by atoms with van der Waals surface area (Å²) in [4.78, 5) is 3.88. The van der Waals surface area contributed by atoms with Crippen LogP contribution in [0.5, 0.6) is 0 Å². The van der Waals surface area contributed by atoms with Crippen molar-refractivity contribution < 1.29 is 0 Å². The van der Waals surface area contributed by atoms with Gasteiger partial charge in [0.15, 0.2) is 0 Å². The van der Waals surface area contributed by atoms with Crippen LogP contribution in [-0.4, -0.2) is 5.71 Å². The predicted octanol–water partition coefficient (Wildman–Crippen LogP) is 2.57. The molecule has 0 fully saturated rings. The molecule has 0 saturated heterocycles. The van der Waals surface area contributed by atoms with Crippen LogP contribution >= 0.6 is 11.6 Å². The molecule has 0 aromatic carbocycles. The molecule has 0 unspecified atom stereocenters. The van der Waals surface area contributed by atoms with Crippen molar-refractivity contribution in [1.29, 1.82) is 0 Å².